The maximum absolute atomic E-state index is 10.5. The lowest BCUT2D eigenvalue weighted by Crippen LogP contribution is -2.38. The highest BCUT2D eigenvalue weighted by Gasteiger charge is 2.60. The van der Waals surface area contributed by atoms with E-state index in [0.717, 1.165) is 5.56 Å². The molecule has 3 rings (SSSR count). The van der Waals surface area contributed by atoms with E-state index in [9.17, 15) is 5.11 Å². The summed E-state index contributed by atoms with van der Waals surface area (Å²) in [4.78, 5) is 0. The van der Waals surface area contributed by atoms with Crippen molar-refractivity contribution in [2.24, 2.45) is 5.92 Å². The predicted octanol–water partition coefficient (Wildman–Crippen LogP) is 2.41. The van der Waals surface area contributed by atoms with E-state index in [2.05, 4.69) is 19.9 Å². The highest BCUT2D eigenvalue weighted by atomic mass is 16.6. The van der Waals surface area contributed by atoms with Gasteiger partial charge in [-0.25, -0.2) is 0 Å². The Kier molecular flexibility index (Phi) is 1.99. The second-order valence-corrected chi connectivity index (χ2v) is 5.53. The zero-order valence-corrected chi connectivity index (χ0v) is 9.97. The molecule has 0 spiro atoms. The van der Waals surface area contributed by atoms with E-state index < -0.39 is 5.60 Å². The van der Waals surface area contributed by atoms with Gasteiger partial charge in [-0.05, 0) is 24.0 Å². The number of aliphatic hydroxyl groups is 1. The van der Waals surface area contributed by atoms with Crippen molar-refractivity contribution >= 4 is 0 Å². The molecule has 16 heavy (non-hydrogen) atoms. The zero-order valence-electron chi connectivity index (χ0n) is 9.97. The molecule has 1 aromatic rings. The van der Waals surface area contributed by atoms with Gasteiger partial charge >= 0.3 is 0 Å². The largest absolute Gasteiger partial charge is 0.383 e. The summed E-state index contributed by atoms with van der Waals surface area (Å²) in [5.74, 6) is 0.980. The highest BCUT2D eigenvalue weighted by molar-refractivity contribution is 5.43. The van der Waals surface area contributed by atoms with Crippen LogP contribution in [0.3, 0.4) is 0 Å². The average Bonchev–Trinajstić information content (AvgIpc) is 2.98. The third-order valence-corrected chi connectivity index (χ3v) is 4.02. The summed E-state index contributed by atoms with van der Waals surface area (Å²) in [6, 6.07) is 8.20. The van der Waals surface area contributed by atoms with Crippen molar-refractivity contribution in [3.63, 3.8) is 0 Å². The molecule has 1 aliphatic heterocycles. The van der Waals surface area contributed by atoms with Gasteiger partial charge in [-0.2, -0.15) is 0 Å². The van der Waals surface area contributed by atoms with E-state index in [-0.39, 0.29) is 12.2 Å². The normalized spacial score (nSPS) is 40.4. The molecule has 2 aliphatic rings. The second kappa shape index (κ2) is 3.08. The molecule has 4 atom stereocenters. The quantitative estimate of drug-likeness (QED) is 0.734. The molecule has 86 valence electrons. The molecule has 0 bridgehead atoms. The Hall–Kier alpha value is -0.860. The number of hydrogen-bond acceptors (Lipinski definition) is 2. The van der Waals surface area contributed by atoms with Crippen LogP contribution in [0.2, 0.25) is 0 Å². The van der Waals surface area contributed by atoms with Crippen molar-refractivity contribution in [1.82, 2.24) is 0 Å². The predicted molar refractivity (Wildman–Crippen MR) is 62.3 cm³/mol. The molecular formula is C14H18O2. The second-order valence-electron chi connectivity index (χ2n) is 5.53. The molecule has 0 amide bonds. The molecule has 1 heterocycles. The van der Waals surface area contributed by atoms with Gasteiger partial charge < -0.3 is 9.84 Å². The van der Waals surface area contributed by atoms with E-state index >= 15 is 0 Å². The minimum absolute atomic E-state index is 0.00481. The first-order valence-electron chi connectivity index (χ1n) is 6.00. The van der Waals surface area contributed by atoms with Gasteiger partial charge in [0.25, 0.3) is 0 Å². The van der Waals surface area contributed by atoms with Crippen LogP contribution in [0.1, 0.15) is 37.8 Å². The fourth-order valence-electron chi connectivity index (χ4n) is 3.17. The smallest absolute Gasteiger partial charge is 0.117 e. The standard InChI is InChI=1S/C14H18O2/c1-8(2)11-9-6-4-5-7-10(9)14(3,15)13-12(11)16-13/h4-8,11-13,15H,1-3H3/t11-,12?,13?,14?/m0/s1. The van der Waals surface area contributed by atoms with Crippen LogP contribution in [0, 0.1) is 5.92 Å². The lowest BCUT2D eigenvalue weighted by molar-refractivity contribution is 0.0235. The van der Waals surface area contributed by atoms with E-state index in [1.807, 2.05) is 25.1 Å². The van der Waals surface area contributed by atoms with Gasteiger partial charge in [-0.15, -0.1) is 0 Å². The van der Waals surface area contributed by atoms with Gasteiger partial charge in [-0.3, -0.25) is 0 Å². The molecule has 0 saturated carbocycles. The van der Waals surface area contributed by atoms with Crippen molar-refractivity contribution in [3.8, 4) is 0 Å². The van der Waals surface area contributed by atoms with Gasteiger partial charge in [0.15, 0.2) is 0 Å². The lowest BCUT2D eigenvalue weighted by atomic mass is 9.71. The van der Waals surface area contributed by atoms with E-state index in [4.69, 9.17) is 4.74 Å². The number of hydrogen-bond donors (Lipinski definition) is 1. The van der Waals surface area contributed by atoms with Crippen LogP contribution in [0.4, 0.5) is 0 Å². The Balaban J connectivity index is 2.16. The molecule has 1 aliphatic carbocycles. The first-order valence-corrected chi connectivity index (χ1v) is 6.00. The number of benzene rings is 1. The van der Waals surface area contributed by atoms with Crippen LogP contribution in [-0.2, 0) is 10.3 Å². The number of epoxide rings is 1. The van der Waals surface area contributed by atoms with Crippen molar-refractivity contribution in [2.45, 2.75) is 44.5 Å². The van der Waals surface area contributed by atoms with Crippen molar-refractivity contribution < 1.29 is 9.84 Å². The molecule has 0 radical (unpaired) electrons. The number of rotatable bonds is 1. The summed E-state index contributed by atoms with van der Waals surface area (Å²) in [5.41, 5.74) is 1.50. The molecule has 3 unspecified atom stereocenters. The van der Waals surface area contributed by atoms with Gasteiger partial charge in [-0.1, -0.05) is 38.1 Å². The van der Waals surface area contributed by atoms with Crippen LogP contribution < -0.4 is 0 Å². The van der Waals surface area contributed by atoms with Crippen molar-refractivity contribution in [1.29, 1.82) is 0 Å². The summed E-state index contributed by atoms with van der Waals surface area (Å²) in [6.45, 7) is 6.31. The van der Waals surface area contributed by atoms with E-state index in [1.54, 1.807) is 0 Å². The topological polar surface area (TPSA) is 32.8 Å². The Morgan fingerprint density at radius 2 is 2.00 bits per heavy atom. The maximum atomic E-state index is 10.5. The van der Waals surface area contributed by atoms with Crippen LogP contribution in [-0.4, -0.2) is 17.3 Å². The summed E-state index contributed by atoms with van der Waals surface area (Å²) >= 11 is 0. The molecule has 2 nitrogen and oxygen atoms in total. The first-order chi connectivity index (χ1) is 7.53. The molecule has 1 aromatic carbocycles. The monoisotopic (exact) mass is 218 g/mol. The average molecular weight is 218 g/mol. The van der Waals surface area contributed by atoms with Crippen LogP contribution in [0.25, 0.3) is 0 Å². The number of ether oxygens (including phenoxy) is 1. The van der Waals surface area contributed by atoms with Crippen LogP contribution in [0.5, 0.6) is 0 Å². The zero-order chi connectivity index (χ0) is 11.5. The van der Waals surface area contributed by atoms with E-state index in [0.29, 0.717) is 11.8 Å². The number of fused-ring (bicyclic) bond motifs is 2. The van der Waals surface area contributed by atoms with Crippen molar-refractivity contribution in [3.05, 3.63) is 35.4 Å². The SMILES string of the molecule is CC(C)[C@H]1c2ccccc2C(C)(O)C2OC21. The summed E-state index contributed by atoms with van der Waals surface area (Å²) in [7, 11) is 0. The highest BCUT2D eigenvalue weighted by Crippen LogP contribution is 2.54. The summed E-state index contributed by atoms with van der Waals surface area (Å²) in [5, 5.41) is 10.5. The van der Waals surface area contributed by atoms with Crippen molar-refractivity contribution in [2.75, 3.05) is 0 Å². The minimum Gasteiger partial charge on any atom is -0.383 e. The van der Waals surface area contributed by atoms with E-state index in [1.165, 1.54) is 5.56 Å². The van der Waals surface area contributed by atoms with Gasteiger partial charge in [0.05, 0.1) is 6.10 Å². The Labute approximate surface area is 96.2 Å². The molecule has 1 saturated heterocycles. The molecular weight excluding hydrogens is 200 g/mol. The molecule has 2 heteroatoms. The summed E-state index contributed by atoms with van der Waals surface area (Å²) in [6.07, 6.45) is 0.208. The Morgan fingerprint density at radius 3 is 2.69 bits per heavy atom. The minimum atomic E-state index is -0.813. The van der Waals surface area contributed by atoms with Gasteiger partial charge in [0.2, 0.25) is 0 Å². The Bertz CT molecular complexity index is 422. The first kappa shape index (κ1) is 10.3. The third kappa shape index (κ3) is 1.20. The van der Waals surface area contributed by atoms with Crippen LogP contribution >= 0.6 is 0 Å². The van der Waals surface area contributed by atoms with Crippen LogP contribution in [0.15, 0.2) is 24.3 Å². The maximum Gasteiger partial charge on any atom is 0.117 e. The molecule has 1 N–H and O–H groups in total. The third-order valence-electron chi connectivity index (χ3n) is 4.02. The molecule has 1 fully saturated rings. The molecule has 0 aromatic heterocycles. The fourth-order valence-corrected chi connectivity index (χ4v) is 3.17. The lowest BCUT2D eigenvalue weighted by Gasteiger charge is -2.34. The van der Waals surface area contributed by atoms with Gasteiger partial charge in [0.1, 0.15) is 11.7 Å². The fraction of sp³-hybridized carbons (Fsp3) is 0.571. The Morgan fingerprint density at radius 1 is 1.31 bits per heavy atom. The summed E-state index contributed by atoms with van der Waals surface area (Å²) < 4.78 is 5.70. The van der Waals surface area contributed by atoms with Gasteiger partial charge in [0, 0.05) is 5.92 Å².